The molecule has 0 fully saturated rings. The van der Waals surface area contributed by atoms with Crippen LogP contribution in [0.4, 0.5) is 0 Å². The number of nitrogens with one attached hydrogen (secondary N) is 1. The topological polar surface area (TPSA) is 12.0 Å². The summed E-state index contributed by atoms with van der Waals surface area (Å²) in [4.78, 5) is 2.84. The second-order valence-electron chi connectivity index (χ2n) is 3.58. The van der Waals surface area contributed by atoms with E-state index in [1.54, 1.807) is 0 Å². The molecule has 0 saturated carbocycles. The quantitative estimate of drug-likeness (QED) is 0.803. The van der Waals surface area contributed by atoms with Crippen molar-refractivity contribution in [1.82, 2.24) is 5.32 Å². The van der Waals surface area contributed by atoms with Crippen LogP contribution < -0.4 is 5.32 Å². The van der Waals surface area contributed by atoms with Crippen molar-refractivity contribution in [2.45, 2.75) is 32.9 Å². The van der Waals surface area contributed by atoms with E-state index in [2.05, 4.69) is 37.6 Å². The molecule has 1 nitrogen and oxygen atoms in total. The van der Waals surface area contributed by atoms with E-state index < -0.39 is 0 Å². The predicted molar refractivity (Wildman–Crippen MR) is 68.4 cm³/mol. The number of thiophene rings is 1. The molecule has 0 aliphatic rings. The second-order valence-corrected chi connectivity index (χ2v) is 5.93. The minimum absolute atomic E-state index is 0.629. The molecular weight excluding hydrogens is 210 g/mol. The molecule has 1 atom stereocenters. The average Bonchev–Trinajstić information content (AvgIpc) is 2.58. The lowest BCUT2D eigenvalue weighted by atomic mass is 10.2. The van der Waals surface area contributed by atoms with Gasteiger partial charge in [0, 0.05) is 22.3 Å². The first-order chi connectivity index (χ1) is 6.72. The first-order valence-electron chi connectivity index (χ1n) is 5.00. The molecule has 0 radical (unpaired) electrons. The van der Waals surface area contributed by atoms with E-state index in [0.29, 0.717) is 6.04 Å². The Morgan fingerprint density at radius 2 is 2.29 bits per heavy atom. The number of thioether (sulfide) groups is 1. The maximum Gasteiger partial charge on any atom is 0.0302 e. The fraction of sp³-hybridized carbons (Fsp3) is 0.636. The minimum Gasteiger partial charge on any atom is -0.309 e. The molecular formula is C11H19NS2. The SMILES string of the molecule is CSCCC(C)NCc1ccc(C)s1. The van der Waals surface area contributed by atoms with Crippen LogP contribution in [0.25, 0.3) is 0 Å². The summed E-state index contributed by atoms with van der Waals surface area (Å²) in [5.41, 5.74) is 0. The first kappa shape index (κ1) is 12.1. The van der Waals surface area contributed by atoms with Crippen molar-refractivity contribution in [2.24, 2.45) is 0 Å². The van der Waals surface area contributed by atoms with Gasteiger partial charge in [-0.2, -0.15) is 11.8 Å². The van der Waals surface area contributed by atoms with Gasteiger partial charge in [-0.05, 0) is 44.4 Å². The lowest BCUT2D eigenvalue weighted by Crippen LogP contribution is -2.25. The van der Waals surface area contributed by atoms with Crippen LogP contribution in [0.5, 0.6) is 0 Å². The summed E-state index contributed by atoms with van der Waals surface area (Å²) < 4.78 is 0. The van der Waals surface area contributed by atoms with Crippen molar-refractivity contribution in [3.8, 4) is 0 Å². The van der Waals surface area contributed by atoms with Gasteiger partial charge in [-0.3, -0.25) is 0 Å². The van der Waals surface area contributed by atoms with Gasteiger partial charge in [0.2, 0.25) is 0 Å². The standard InChI is InChI=1S/C11H19NS2/c1-9(6-7-13-3)12-8-11-5-4-10(2)14-11/h4-5,9,12H,6-8H2,1-3H3. The third-order valence-electron chi connectivity index (χ3n) is 2.18. The van der Waals surface area contributed by atoms with Crippen LogP contribution in [0, 0.1) is 6.92 Å². The van der Waals surface area contributed by atoms with Gasteiger partial charge in [0.15, 0.2) is 0 Å². The fourth-order valence-corrected chi connectivity index (χ4v) is 2.68. The minimum atomic E-state index is 0.629. The Labute approximate surface area is 95.3 Å². The lowest BCUT2D eigenvalue weighted by molar-refractivity contribution is 0.541. The summed E-state index contributed by atoms with van der Waals surface area (Å²) in [5, 5.41) is 3.54. The summed E-state index contributed by atoms with van der Waals surface area (Å²) in [5.74, 6) is 1.25. The number of rotatable bonds is 6. The molecule has 0 spiro atoms. The van der Waals surface area contributed by atoms with Crippen molar-refractivity contribution >= 4 is 23.1 Å². The molecule has 0 saturated heterocycles. The molecule has 1 rings (SSSR count). The highest BCUT2D eigenvalue weighted by Crippen LogP contribution is 2.14. The maximum absolute atomic E-state index is 3.54. The average molecular weight is 229 g/mol. The summed E-state index contributed by atoms with van der Waals surface area (Å²) in [6, 6.07) is 5.03. The van der Waals surface area contributed by atoms with Gasteiger partial charge >= 0.3 is 0 Å². The largest absolute Gasteiger partial charge is 0.309 e. The van der Waals surface area contributed by atoms with Gasteiger partial charge in [0.1, 0.15) is 0 Å². The first-order valence-corrected chi connectivity index (χ1v) is 7.21. The van der Waals surface area contributed by atoms with E-state index in [1.165, 1.54) is 21.9 Å². The molecule has 80 valence electrons. The number of aryl methyl sites for hydroxylation is 1. The molecule has 0 aliphatic carbocycles. The van der Waals surface area contributed by atoms with Crippen molar-refractivity contribution in [1.29, 1.82) is 0 Å². The Balaban J connectivity index is 2.20. The third-order valence-corrected chi connectivity index (χ3v) is 3.82. The molecule has 14 heavy (non-hydrogen) atoms. The second kappa shape index (κ2) is 6.49. The predicted octanol–water partition coefficient (Wildman–Crippen LogP) is 3.29. The van der Waals surface area contributed by atoms with Gasteiger partial charge in [0.05, 0.1) is 0 Å². The monoisotopic (exact) mass is 229 g/mol. The Morgan fingerprint density at radius 3 is 2.86 bits per heavy atom. The molecule has 1 N–H and O–H groups in total. The van der Waals surface area contributed by atoms with E-state index in [-0.39, 0.29) is 0 Å². The fourth-order valence-electron chi connectivity index (χ4n) is 1.25. The Bertz CT molecular complexity index is 258. The van der Waals surface area contributed by atoms with Crippen molar-refractivity contribution < 1.29 is 0 Å². The van der Waals surface area contributed by atoms with Crippen molar-refractivity contribution in [3.05, 3.63) is 21.9 Å². The number of hydrogen-bond acceptors (Lipinski definition) is 3. The van der Waals surface area contributed by atoms with Crippen LogP contribution in [-0.4, -0.2) is 18.1 Å². The van der Waals surface area contributed by atoms with Crippen LogP contribution in [0.15, 0.2) is 12.1 Å². The van der Waals surface area contributed by atoms with Crippen LogP contribution in [0.1, 0.15) is 23.1 Å². The molecule has 0 amide bonds. The van der Waals surface area contributed by atoms with Gasteiger partial charge in [-0.25, -0.2) is 0 Å². The molecule has 1 heterocycles. The Hall–Kier alpha value is 0.01000. The molecule has 0 aromatic carbocycles. The van der Waals surface area contributed by atoms with Crippen molar-refractivity contribution in [3.63, 3.8) is 0 Å². The van der Waals surface area contributed by atoms with E-state index in [4.69, 9.17) is 0 Å². The van der Waals surface area contributed by atoms with Gasteiger partial charge in [-0.1, -0.05) is 0 Å². The highest BCUT2D eigenvalue weighted by Gasteiger charge is 2.01. The van der Waals surface area contributed by atoms with E-state index in [9.17, 15) is 0 Å². The zero-order valence-electron chi connectivity index (χ0n) is 9.17. The lowest BCUT2D eigenvalue weighted by Gasteiger charge is -2.11. The molecule has 1 unspecified atom stereocenters. The maximum atomic E-state index is 3.54. The van der Waals surface area contributed by atoms with Gasteiger partial charge < -0.3 is 5.32 Å². The van der Waals surface area contributed by atoms with Crippen LogP contribution >= 0.6 is 23.1 Å². The smallest absolute Gasteiger partial charge is 0.0302 e. The van der Waals surface area contributed by atoms with E-state index in [1.807, 2.05) is 23.1 Å². The number of hydrogen-bond donors (Lipinski definition) is 1. The van der Waals surface area contributed by atoms with E-state index >= 15 is 0 Å². The van der Waals surface area contributed by atoms with Crippen LogP contribution in [0.3, 0.4) is 0 Å². The molecule has 1 aromatic heterocycles. The zero-order chi connectivity index (χ0) is 10.4. The zero-order valence-corrected chi connectivity index (χ0v) is 10.8. The van der Waals surface area contributed by atoms with Crippen molar-refractivity contribution in [2.75, 3.05) is 12.0 Å². The highest BCUT2D eigenvalue weighted by molar-refractivity contribution is 7.98. The molecule has 0 aliphatic heterocycles. The van der Waals surface area contributed by atoms with Crippen LogP contribution in [-0.2, 0) is 6.54 Å². The molecule has 1 aromatic rings. The summed E-state index contributed by atoms with van der Waals surface area (Å²) in [6.45, 7) is 5.44. The van der Waals surface area contributed by atoms with E-state index in [0.717, 1.165) is 6.54 Å². The third kappa shape index (κ3) is 4.49. The summed E-state index contributed by atoms with van der Waals surface area (Å²) >= 11 is 3.80. The molecule has 3 heteroatoms. The Morgan fingerprint density at radius 1 is 1.50 bits per heavy atom. The van der Waals surface area contributed by atoms with Crippen LogP contribution in [0.2, 0.25) is 0 Å². The van der Waals surface area contributed by atoms with Gasteiger partial charge in [0.25, 0.3) is 0 Å². The normalized spacial score (nSPS) is 13.1. The van der Waals surface area contributed by atoms with Gasteiger partial charge in [-0.15, -0.1) is 11.3 Å². The summed E-state index contributed by atoms with van der Waals surface area (Å²) in [6.07, 6.45) is 3.42. The molecule has 0 bridgehead atoms. The Kier molecular flexibility index (Phi) is 5.60. The highest BCUT2D eigenvalue weighted by atomic mass is 32.2. The summed E-state index contributed by atoms with van der Waals surface area (Å²) in [7, 11) is 0.